The number of nitrogens with one attached hydrogen (secondary N) is 1. The monoisotopic (exact) mass is 314 g/mol. The van der Waals surface area contributed by atoms with Crippen molar-refractivity contribution in [2.75, 3.05) is 13.1 Å². The first-order valence-electron chi connectivity index (χ1n) is 7.58. The lowest BCUT2D eigenvalue weighted by Gasteiger charge is -2.37. The maximum Gasteiger partial charge on any atom is 0.216 e. The normalized spacial score (nSPS) is 24.6. The lowest BCUT2D eigenvalue weighted by molar-refractivity contribution is 0.215. The minimum absolute atomic E-state index is 0.295. The Labute approximate surface area is 127 Å². The van der Waals surface area contributed by atoms with Crippen molar-refractivity contribution < 1.29 is 12.8 Å². The SMILES string of the molecule is Cc1ccc(CN[C@H]2CCN(S(=O)(=O)C(C)C)C[C@H]2C)o1. The molecular weight excluding hydrogens is 288 g/mol. The van der Waals surface area contributed by atoms with Crippen molar-refractivity contribution in [3.05, 3.63) is 23.7 Å². The molecule has 0 aromatic carbocycles. The third-order valence-electron chi connectivity index (χ3n) is 4.16. The second-order valence-electron chi connectivity index (χ2n) is 6.22. The van der Waals surface area contributed by atoms with E-state index in [1.54, 1.807) is 18.2 Å². The van der Waals surface area contributed by atoms with Gasteiger partial charge in [0.1, 0.15) is 11.5 Å². The Hall–Kier alpha value is -0.850. The van der Waals surface area contributed by atoms with E-state index in [1.165, 1.54) is 0 Å². The third kappa shape index (κ3) is 3.87. The summed E-state index contributed by atoms with van der Waals surface area (Å²) in [6, 6.07) is 4.26. The number of sulfonamides is 1. The number of rotatable bonds is 5. The molecule has 1 aromatic rings. The first-order chi connectivity index (χ1) is 9.80. The lowest BCUT2D eigenvalue weighted by atomic mass is 9.95. The van der Waals surface area contributed by atoms with Gasteiger partial charge in [0.2, 0.25) is 10.0 Å². The number of hydrogen-bond donors (Lipinski definition) is 1. The Morgan fingerprint density at radius 3 is 2.67 bits per heavy atom. The maximum absolute atomic E-state index is 12.2. The molecule has 0 unspecified atom stereocenters. The molecule has 0 aliphatic carbocycles. The van der Waals surface area contributed by atoms with Crippen LogP contribution in [0.25, 0.3) is 0 Å². The summed E-state index contributed by atoms with van der Waals surface area (Å²) in [7, 11) is -3.13. The molecular formula is C15H26N2O3S. The molecule has 6 heteroatoms. The largest absolute Gasteiger partial charge is 0.465 e. The van der Waals surface area contributed by atoms with E-state index in [2.05, 4.69) is 12.2 Å². The number of furan rings is 1. The van der Waals surface area contributed by atoms with E-state index < -0.39 is 10.0 Å². The summed E-state index contributed by atoms with van der Waals surface area (Å²) in [4.78, 5) is 0. The Bertz CT molecular complexity index is 565. The van der Waals surface area contributed by atoms with Gasteiger partial charge >= 0.3 is 0 Å². The predicted octanol–water partition coefficient (Wildman–Crippen LogP) is 2.13. The van der Waals surface area contributed by atoms with E-state index in [9.17, 15) is 8.42 Å². The summed E-state index contributed by atoms with van der Waals surface area (Å²) in [5, 5.41) is 3.14. The van der Waals surface area contributed by atoms with Gasteiger partial charge < -0.3 is 9.73 Å². The fraction of sp³-hybridized carbons (Fsp3) is 0.733. The molecule has 1 N–H and O–H groups in total. The average Bonchev–Trinajstić information content (AvgIpc) is 2.82. The van der Waals surface area contributed by atoms with Crippen LogP contribution in [0.5, 0.6) is 0 Å². The highest BCUT2D eigenvalue weighted by atomic mass is 32.2. The fourth-order valence-electron chi connectivity index (χ4n) is 2.75. The van der Waals surface area contributed by atoms with E-state index in [0.717, 1.165) is 17.9 Å². The van der Waals surface area contributed by atoms with Gasteiger partial charge in [0.15, 0.2) is 0 Å². The van der Waals surface area contributed by atoms with E-state index in [-0.39, 0.29) is 5.25 Å². The Morgan fingerprint density at radius 1 is 1.43 bits per heavy atom. The summed E-state index contributed by atoms with van der Waals surface area (Å²) in [5.74, 6) is 2.14. The van der Waals surface area contributed by atoms with Crippen molar-refractivity contribution >= 4 is 10.0 Å². The smallest absolute Gasteiger partial charge is 0.216 e. The molecule has 1 aromatic heterocycles. The molecule has 2 heterocycles. The molecule has 0 saturated carbocycles. The molecule has 0 bridgehead atoms. The molecule has 0 radical (unpaired) electrons. The maximum atomic E-state index is 12.2. The molecule has 1 fully saturated rings. The van der Waals surface area contributed by atoms with Gasteiger partial charge in [-0.3, -0.25) is 0 Å². The minimum Gasteiger partial charge on any atom is -0.465 e. The van der Waals surface area contributed by atoms with Crippen LogP contribution in [0.4, 0.5) is 0 Å². The van der Waals surface area contributed by atoms with Crippen molar-refractivity contribution in [2.45, 2.75) is 52.0 Å². The van der Waals surface area contributed by atoms with Crippen LogP contribution in [0.1, 0.15) is 38.7 Å². The van der Waals surface area contributed by atoms with Crippen LogP contribution in [0.2, 0.25) is 0 Å². The molecule has 5 nitrogen and oxygen atoms in total. The van der Waals surface area contributed by atoms with E-state index in [0.29, 0.717) is 31.6 Å². The Balaban J connectivity index is 1.89. The van der Waals surface area contributed by atoms with Crippen LogP contribution < -0.4 is 5.32 Å². The molecule has 1 saturated heterocycles. The van der Waals surface area contributed by atoms with Gasteiger partial charge in [-0.25, -0.2) is 12.7 Å². The van der Waals surface area contributed by atoms with Gasteiger partial charge in [-0.1, -0.05) is 6.92 Å². The highest BCUT2D eigenvalue weighted by Gasteiger charge is 2.33. The first-order valence-corrected chi connectivity index (χ1v) is 9.08. The van der Waals surface area contributed by atoms with Gasteiger partial charge in [-0.2, -0.15) is 0 Å². The molecule has 1 aliphatic heterocycles. The summed E-state index contributed by atoms with van der Waals surface area (Å²) >= 11 is 0. The fourth-order valence-corrected chi connectivity index (χ4v) is 4.15. The van der Waals surface area contributed by atoms with Crippen molar-refractivity contribution in [1.29, 1.82) is 0 Å². The van der Waals surface area contributed by atoms with E-state index >= 15 is 0 Å². The van der Waals surface area contributed by atoms with Crippen molar-refractivity contribution in [2.24, 2.45) is 5.92 Å². The second-order valence-corrected chi connectivity index (χ2v) is 8.71. The molecule has 1 aliphatic rings. The van der Waals surface area contributed by atoms with Crippen molar-refractivity contribution in [1.82, 2.24) is 9.62 Å². The summed E-state index contributed by atoms with van der Waals surface area (Å²) in [5.41, 5.74) is 0. The topological polar surface area (TPSA) is 62.6 Å². The zero-order chi connectivity index (χ0) is 15.6. The van der Waals surface area contributed by atoms with Gasteiger partial charge in [-0.05, 0) is 45.2 Å². The van der Waals surface area contributed by atoms with Gasteiger partial charge in [-0.15, -0.1) is 0 Å². The predicted molar refractivity (Wildman–Crippen MR) is 83.5 cm³/mol. The zero-order valence-corrected chi connectivity index (χ0v) is 14.1. The molecule has 2 atom stereocenters. The number of aryl methyl sites for hydroxylation is 1. The van der Waals surface area contributed by atoms with Crippen LogP contribution in [0.3, 0.4) is 0 Å². The van der Waals surface area contributed by atoms with Gasteiger partial charge in [0.25, 0.3) is 0 Å². The lowest BCUT2D eigenvalue weighted by Crippen LogP contribution is -2.51. The quantitative estimate of drug-likeness (QED) is 0.904. The standard InChI is InChI=1S/C15H26N2O3S/c1-11(2)21(18,19)17-8-7-15(12(3)10-17)16-9-14-6-5-13(4)20-14/h5-6,11-12,15-16H,7-10H2,1-4H3/t12-,15+/m1/s1. The van der Waals surface area contributed by atoms with Crippen LogP contribution >= 0.6 is 0 Å². The summed E-state index contributed by atoms with van der Waals surface area (Å²) in [6.45, 7) is 9.40. The summed E-state index contributed by atoms with van der Waals surface area (Å²) in [6.07, 6.45) is 0.840. The number of nitrogens with zero attached hydrogens (tertiary/aromatic N) is 1. The highest BCUT2D eigenvalue weighted by Crippen LogP contribution is 2.22. The average molecular weight is 314 g/mol. The number of hydrogen-bond acceptors (Lipinski definition) is 4. The van der Waals surface area contributed by atoms with Crippen molar-refractivity contribution in [3.63, 3.8) is 0 Å². The molecule has 0 spiro atoms. The third-order valence-corrected chi connectivity index (χ3v) is 6.40. The van der Waals surface area contributed by atoms with E-state index in [4.69, 9.17) is 4.42 Å². The molecule has 21 heavy (non-hydrogen) atoms. The molecule has 0 amide bonds. The van der Waals surface area contributed by atoms with E-state index in [1.807, 2.05) is 19.1 Å². The second kappa shape index (κ2) is 6.50. The number of piperidine rings is 1. The zero-order valence-electron chi connectivity index (χ0n) is 13.3. The Morgan fingerprint density at radius 2 is 2.14 bits per heavy atom. The van der Waals surface area contributed by atoms with Gasteiger partial charge in [0, 0.05) is 19.1 Å². The molecule has 120 valence electrons. The van der Waals surface area contributed by atoms with Crippen molar-refractivity contribution in [3.8, 4) is 0 Å². The summed E-state index contributed by atoms with van der Waals surface area (Å²) < 4.78 is 31.6. The molecule has 2 rings (SSSR count). The van der Waals surface area contributed by atoms with Crippen LogP contribution in [-0.2, 0) is 16.6 Å². The highest BCUT2D eigenvalue weighted by molar-refractivity contribution is 7.89. The van der Waals surface area contributed by atoms with Crippen LogP contribution in [-0.4, -0.2) is 37.1 Å². The Kier molecular flexibility index (Phi) is 5.11. The van der Waals surface area contributed by atoms with Crippen LogP contribution in [0, 0.1) is 12.8 Å². The first kappa shape index (κ1) is 16.5. The minimum atomic E-state index is -3.13. The van der Waals surface area contributed by atoms with Crippen LogP contribution in [0.15, 0.2) is 16.5 Å². The van der Waals surface area contributed by atoms with Gasteiger partial charge in [0.05, 0.1) is 11.8 Å².